The third-order valence-corrected chi connectivity index (χ3v) is 5.22. The van der Waals surface area contributed by atoms with E-state index in [-0.39, 0.29) is 11.8 Å². The Morgan fingerprint density at radius 3 is 2.42 bits per heavy atom. The molecule has 0 spiro atoms. The molecule has 4 heterocycles. The molecule has 0 atom stereocenters. The lowest BCUT2D eigenvalue weighted by molar-refractivity contribution is -0.114. The summed E-state index contributed by atoms with van der Waals surface area (Å²) in [5, 5.41) is 2.74. The molecule has 3 fully saturated rings. The van der Waals surface area contributed by atoms with Crippen molar-refractivity contribution in [3.8, 4) is 11.3 Å². The van der Waals surface area contributed by atoms with Gasteiger partial charge in [-0.25, -0.2) is 0 Å². The molecule has 6 heteroatoms. The maximum Gasteiger partial charge on any atom is 0.289 e. The van der Waals surface area contributed by atoms with Crippen LogP contribution in [0.5, 0.6) is 0 Å². The molecule has 3 aliphatic heterocycles. The van der Waals surface area contributed by atoms with Crippen LogP contribution in [0.15, 0.2) is 40.8 Å². The number of nitrogens with one attached hydrogen (secondary N) is 1. The van der Waals surface area contributed by atoms with Crippen LogP contribution in [0.3, 0.4) is 0 Å². The first-order valence-corrected chi connectivity index (χ1v) is 9.11. The summed E-state index contributed by atoms with van der Waals surface area (Å²) in [5.74, 6) is 0.934. The van der Waals surface area contributed by atoms with Crippen LogP contribution in [0, 0.1) is 0 Å². The molecule has 26 heavy (non-hydrogen) atoms. The van der Waals surface area contributed by atoms with E-state index in [9.17, 15) is 9.59 Å². The summed E-state index contributed by atoms with van der Waals surface area (Å²) in [4.78, 5) is 28.4. The third-order valence-electron chi connectivity index (χ3n) is 5.22. The number of benzene rings is 1. The van der Waals surface area contributed by atoms with Crippen molar-refractivity contribution in [3.63, 3.8) is 0 Å². The molecular weight excluding hydrogens is 330 g/mol. The minimum Gasteiger partial charge on any atom is -0.451 e. The van der Waals surface area contributed by atoms with Gasteiger partial charge in [0.25, 0.3) is 5.91 Å². The Balaban J connectivity index is 1.50. The number of anilines is 1. The molecule has 0 radical (unpaired) electrons. The zero-order valence-corrected chi connectivity index (χ0v) is 14.9. The second kappa shape index (κ2) is 6.96. The molecule has 3 aliphatic rings. The van der Waals surface area contributed by atoms with Crippen molar-refractivity contribution in [2.45, 2.75) is 25.8 Å². The maximum atomic E-state index is 12.9. The molecule has 3 saturated heterocycles. The highest BCUT2D eigenvalue weighted by atomic mass is 16.4. The first-order valence-electron chi connectivity index (χ1n) is 9.11. The van der Waals surface area contributed by atoms with Crippen molar-refractivity contribution in [1.29, 1.82) is 0 Å². The zero-order valence-electron chi connectivity index (χ0n) is 14.9. The van der Waals surface area contributed by atoms with E-state index in [0.717, 1.165) is 50.3 Å². The predicted octanol–water partition coefficient (Wildman–Crippen LogP) is 2.83. The number of rotatable bonds is 3. The number of carbonyl (C=O) groups excluding carboxylic acids is 2. The van der Waals surface area contributed by atoms with Gasteiger partial charge in [-0.1, -0.05) is 0 Å². The molecule has 2 amide bonds. The zero-order chi connectivity index (χ0) is 18.1. The van der Waals surface area contributed by atoms with Crippen LogP contribution in [0.4, 0.5) is 5.69 Å². The Morgan fingerprint density at radius 2 is 1.73 bits per heavy atom. The van der Waals surface area contributed by atoms with Crippen LogP contribution in [-0.4, -0.2) is 53.8 Å². The van der Waals surface area contributed by atoms with Gasteiger partial charge in [-0.3, -0.25) is 9.59 Å². The van der Waals surface area contributed by atoms with Crippen molar-refractivity contribution >= 4 is 17.5 Å². The minimum atomic E-state index is -0.105. The van der Waals surface area contributed by atoms with Gasteiger partial charge in [0.1, 0.15) is 5.76 Å². The van der Waals surface area contributed by atoms with Gasteiger partial charge in [-0.2, -0.15) is 0 Å². The van der Waals surface area contributed by atoms with E-state index in [1.807, 2.05) is 35.2 Å². The molecule has 2 bridgehead atoms. The summed E-state index contributed by atoms with van der Waals surface area (Å²) in [6.07, 6.45) is 2.09. The normalized spacial score (nSPS) is 22.1. The first-order chi connectivity index (χ1) is 12.6. The van der Waals surface area contributed by atoms with Crippen molar-refractivity contribution in [3.05, 3.63) is 42.2 Å². The average molecular weight is 353 g/mol. The van der Waals surface area contributed by atoms with E-state index < -0.39 is 0 Å². The maximum absolute atomic E-state index is 12.9. The number of amides is 2. The number of carbonyl (C=O) groups is 2. The number of fused-ring (bicyclic) bond motifs is 4. The lowest BCUT2D eigenvalue weighted by Gasteiger charge is -2.30. The number of piperidine rings is 1. The van der Waals surface area contributed by atoms with E-state index in [2.05, 4.69) is 10.2 Å². The molecule has 1 aromatic carbocycles. The van der Waals surface area contributed by atoms with Gasteiger partial charge in [-0.05, 0) is 49.2 Å². The Labute approximate surface area is 152 Å². The molecule has 2 aromatic rings. The Bertz CT molecular complexity index is 804. The molecule has 1 N–H and O–H groups in total. The Hall–Kier alpha value is -2.60. The van der Waals surface area contributed by atoms with Gasteiger partial charge in [-0.15, -0.1) is 0 Å². The molecule has 0 saturated carbocycles. The molecule has 5 rings (SSSR count). The van der Waals surface area contributed by atoms with Gasteiger partial charge < -0.3 is 19.5 Å². The van der Waals surface area contributed by atoms with Crippen LogP contribution >= 0.6 is 0 Å². The van der Waals surface area contributed by atoms with Crippen molar-refractivity contribution in [2.75, 3.05) is 31.5 Å². The smallest absolute Gasteiger partial charge is 0.289 e. The molecular formula is C20H23N3O3. The van der Waals surface area contributed by atoms with Crippen molar-refractivity contribution < 1.29 is 14.0 Å². The van der Waals surface area contributed by atoms with Gasteiger partial charge in [0.2, 0.25) is 5.91 Å². The van der Waals surface area contributed by atoms with Crippen LogP contribution in [0.2, 0.25) is 0 Å². The molecule has 6 nitrogen and oxygen atoms in total. The highest BCUT2D eigenvalue weighted by Gasteiger charge is 2.33. The summed E-state index contributed by atoms with van der Waals surface area (Å²) in [5.41, 5.74) is 1.61. The number of hydrogen-bond acceptors (Lipinski definition) is 4. The van der Waals surface area contributed by atoms with E-state index in [4.69, 9.17) is 4.42 Å². The van der Waals surface area contributed by atoms with Crippen molar-refractivity contribution in [1.82, 2.24) is 9.80 Å². The topological polar surface area (TPSA) is 65.8 Å². The van der Waals surface area contributed by atoms with Crippen LogP contribution < -0.4 is 5.32 Å². The van der Waals surface area contributed by atoms with Crippen LogP contribution in [-0.2, 0) is 4.79 Å². The van der Waals surface area contributed by atoms with Crippen LogP contribution in [0.1, 0.15) is 30.3 Å². The second-order valence-electron chi connectivity index (χ2n) is 6.99. The van der Waals surface area contributed by atoms with Gasteiger partial charge in [0.05, 0.1) is 0 Å². The fourth-order valence-corrected chi connectivity index (χ4v) is 3.82. The van der Waals surface area contributed by atoms with Gasteiger partial charge in [0, 0.05) is 50.4 Å². The fourth-order valence-electron chi connectivity index (χ4n) is 3.82. The summed E-state index contributed by atoms with van der Waals surface area (Å²) in [6, 6.07) is 11.3. The van der Waals surface area contributed by atoms with Crippen LogP contribution in [0.25, 0.3) is 11.3 Å². The van der Waals surface area contributed by atoms with Gasteiger partial charge >= 0.3 is 0 Å². The minimum absolute atomic E-state index is 0.0140. The lowest BCUT2D eigenvalue weighted by atomic mass is 10.1. The molecule has 1 aromatic heterocycles. The highest BCUT2D eigenvalue weighted by molar-refractivity contribution is 5.92. The van der Waals surface area contributed by atoms with Crippen molar-refractivity contribution in [2.24, 2.45) is 0 Å². The van der Waals surface area contributed by atoms with E-state index in [0.29, 0.717) is 17.6 Å². The summed E-state index contributed by atoms with van der Waals surface area (Å²) in [7, 11) is 0. The lowest BCUT2D eigenvalue weighted by Crippen LogP contribution is -2.41. The van der Waals surface area contributed by atoms with Gasteiger partial charge in [0.15, 0.2) is 5.76 Å². The van der Waals surface area contributed by atoms with E-state index >= 15 is 0 Å². The second-order valence-corrected chi connectivity index (χ2v) is 6.99. The first kappa shape index (κ1) is 16.8. The van der Waals surface area contributed by atoms with E-state index in [1.165, 1.54) is 6.92 Å². The number of hydrogen-bond donors (Lipinski definition) is 1. The number of furan rings is 1. The SMILES string of the molecule is CC(=O)Nc1ccc(-c2ccc(C(=O)N3CCN4CCC3CC4)o2)cc1. The molecule has 0 aliphatic carbocycles. The third kappa shape index (κ3) is 3.37. The number of nitrogens with zero attached hydrogens (tertiary/aromatic N) is 2. The predicted molar refractivity (Wildman–Crippen MR) is 98.9 cm³/mol. The summed E-state index contributed by atoms with van der Waals surface area (Å²) < 4.78 is 5.86. The standard InChI is InChI=1S/C20H23N3O3/c1-14(24)21-16-4-2-15(3-5-16)18-6-7-19(26-18)20(25)23-13-12-22-10-8-17(23)9-11-22/h2-7,17H,8-13H2,1H3,(H,21,24). The monoisotopic (exact) mass is 353 g/mol. The summed E-state index contributed by atoms with van der Waals surface area (Å²) in [6.45, 7) is 5.35. The average Bonchev–Trinajstić information content (AvgIpc) is 2.94. The van der Waals surface area contributed by atoms with E-state index in [1.54, 1.807) is 6.07 Å². The highest BCUT2D eigenvalue weighted by Crippen LogP contribution is 2.27. The summed E-state index contributed by atoms with van der Waals surface area (Å²) >= 11 is 0. The Kier molecular flexibility index (Phi) is 4.51. The molecule has 136 valence electrons. The largest absolute Gasteiger partial charge is 0.451 e. The quantitative estimate of drug-likeness (QED) is 0.921. The molecule has 0 unspecified atom stereocenters. The fraction of sp³-hybridized carbons (Fsp3) is 0.400. The Morgan fingerprint density at radius 1 is 1.00 bits per heavy atom.